The van der Waals surface area contributed by atoms with Crippen LogP contribution < -0.4 is 27.4 Å². The fourth-order valence-corrected chi connectivity index (χ4v) is 3.58. The third kappa shape index (κ3) is 10.7. The third-order valence-electron chi connectivity index (χ3n) is 6.15. The predicted molar refractivity (Wildman–Crippen MR) is 137 cm³/mol. The lowest BCUT2D eigenvalue weighted by Crippen LogP contribution is -2.60. The maximum absolute atomic E-state index is 13.1. The molecule has 6 unspecified atom stereocenters. The number of carboxylic acid groups (broad SMARTS) is 1. The van der Waals surface area contributed by atoms with Gasteiger partial charge in [0.2, 0.25) is 17.7 Å². The highest BCUT2D eigenvalue weighted by Gasteiger charge is 2.33. The highest BCUT2D eigenvalue weighted by molar-refractivity contribution is 5.94. The Labute approximate surface area is 217 Å². The van der Waals surface area contributed by atoms with Crippen LogP contribution in [0, 0.1) is 5.92 Å². The first-order valence-corrected chi connectivity index (χ1v) is 12.5. The van der Waals surface area contributed by atoms with Gasteiger partial charge in [0.05, 0.1) is 12.1 Å². The van der Waals surface area contributed by atoms with Crippen molar-refractivity contribution >= 4 is 23.7 Å². The molecule has 12 nitrogen and oxygen atoms in total. The van der Waals surface area contributed by atoms with Gasteiger partial charge in [-0.1, -0.05) is 38.8 Å². The van der Waals surface area contributed by atoms with Crippen molar-refractivity contribution in [1.29, 1.82) is 0 Å². The minimum absolute atomic E-state index is 0.0104. The third-order valence-corrected chi connectivity index (χ3v) is 6.15. The molecule has 0 fully saturated rings. The quantitative estimate of drug-likeness (QED) is 0.129. The van der Waals surface area contributed by atoms with E-state index in [1.165, 1.54) is 19.1 Å². The van der Waals surface area contributed by atoms with Crippen LogP contribution in [-0.4, -0.2) is 75.8 Å². The Kier molecular flexibility index (Phi) is 13.6. The molecule has 0 radical (unpaired) electrons. The first kappa shape index (κ1) is 31.8. The Morgan fingerprint density at radius 3 is 2.03 bits per heavy atom. The fourth-order valence-electron chi connectivity index (χ4n) is 3.58. The summed E-state index contributed by atoms with van der Waals surface area (Å²) < 4.78 is 0. The summed E-state index contributed by atoms with van der Waals surface area (Å²) in [5, 5.41) is 36.7. The van der Waals surface area contributed by atoms with Gasteiger partial charge in [0.15, 0.2) is 0 Å². The van der Waals surface area contributed by atoms with Gasteiger partial charge in [0, 0.05) is 6.42 Å². The number of phenols is 1. The lowest BCUT2D eigenvalue weighted by Gasteiger charge is -2.27. The van der Waals surface area contributed by atoms with Crippen molar-refractivity contribution in [3.63, 3.8) is 0 Å². The summed E-state index contributed by atoms with van der Waals surface area (Å²) in [6, 6.07) is 1.19. The van der Waals surface area contributed by atoms with Gasteiger partial charge < -0.3 is 42.7 Å². The average Bonchev–Trinajstić information content (AvgIpc) is 2.85. The topological polar surface area (TPSA) is 217 Å². The number of nitrogens with two attached hydrogens (primary N) is 2. The van der Waals surface area contributed by atoms with E-state index in [1.54, 1.807) is 26.0 Å². The van der Waals surface area contributed by atoms with Crippen LogP contribution in [0.1, 0.15) is 52.0 Å². The zero-order chi connectivity index (χ0) is 28.1. The van der Waals surface area contributed by atoms with Crippen LogP contribution in [0.3, 0.4) is 0 Å². The second-order valence-electron chi connectivity index (χ2n) is 9.26. The second kappa shape index (κ2) is 15.8. The van der Waals surface area contributed by atoms with E-state index < -0.39 is 54.0 Å². The molecule has 6 atom stereocenters. The normalized spacial score (nSPS) is 15.9. The molecule has 0 saturated heterocycles. The summed E-state index contributed by atoms with van der Waals surface area (Å²) in [5.74, 6) is -3.81. The molecule has 1 rings (SSSR count). The molecule has 0 saturated carbocycles. The van der Waals surface area contributed by atoms with Gasteiger partial charge >= 0.3 is 5.97 Å². The number of benzene rings is 1. The number of nitrogens with one attached hydrogen (secondary N) is 3. The number of hydrogen-bond donors (Lipinski definition) is 8. The smallest absolute Gasteiger partial charge is 0.326 e. The first-order chi connectivity index (χ1) is 17.4. The highest BCUT2D eigenvalue weighted by atomic mass is 16.4. The SMILES string of the molecule is CCC(C)C(NC(=O)C(Cc1ccc(O)cc1)NC(=O)C(NC(=O)C(N)CCCCN)C(C)O)C(=O)O. The number of aliphatic hydroxyl groups is 1. The van der Waals surface area contributed by atoms with Crippen LogP contribution in [0.15, 0.2) is 24.3 Å². The molecule has 10 N–H and O–H groups in total. The molecule has 208 valence electrons. The van der Waals surface area contributed by atoms with Crippen molar-refractivity contribution in [3.05, 3.63) is 29.8 Å². The van der Waals surface area contributed by atoms with Crippen molar-refractivity contribution in [2.75, 3.05) is 6.54 Å². The number of unbranched alkanes of at least 4 members (excludes halogenated alkanes) is 1. The van der Waals surface area contributed by atoms with Crippen LogP contribution in [0.5, 0.6) is 5.75 Å². The lowest BCUT2D eigenvalue weighted by molar-refractivity contribution is -0.144. The number of hydrogen-bond acceptors (Lipinski definition) is 8. The fraction of sp³-hybridized carbons (Fsp3) is 0.600. The summed E-state index contributed by atoms with van der Waals surface area (Å²) in [5.41, 5.74) is 11.9. The number of carboxylic acids is 1. The first-order valence-electron chi connectivity index (χ1n) is 12.5. The molecule has 0 aliphatic rings. The zero-order valence-electron chi connectivity index (χ0n) is 21.6. The molecule has 0 spiro atoms. The largest absolute Gasteiger partial charge is 0.508 e. The Morgan fingerprint density at radius 1 is 0.919 bits per heavy atom. The van der Waals surface area contributed by atoms with E-state index in [2.05, 4.69) is 16.0 Å². The molecular weight excluding hydrogens is 482 g/mol. The molecule has 1 aromatic rings. The molecule has 1 aromatic carbocycles. The number of rotatable bonds is 16. The number of carbonyl (C=O) groups is 4. The molecule has 0 bridgehead atoms. The van der Waals surface area contributed by atoms with Gasteiger partial charge in [0.25, 0.3) is 0 Å². The minimum atomic E-state index is -1.41. The monoisotopic (exact) mass is 523 g/mol. The molecule has 0 aliphatic carbocycles. The molecule has 0 aromatic heterocycles. The van der Waals surface area contributed by atoms with Gasteiger partial charge in [-0.15, -0.1) is 0 Å². The van der Waals surface area contributed by atoms with E-state index >= 15 is 0 Å². The maximum Gasteiger partial charge on any atom is 0.326 e. The van der Waals surface area contributed by atoms with Crippen LogP contribution in [0.25, 0.3) is 0 Å². The Balaban J connectivity index is 3.10. The number of carbonyl (C=O) groups excluding carboxylic acids is 3. The van der Waals surface area contributed by atoms with E-state index in [1.807, 2.05) is 0 Å². The van der Waals surface area contributed by atoms with Crippen molar-refractivity contribution in [3.8, 4) is 5.75 Å². The maximum atomic E-state index is 13.1. The van der Waals surface area contributed by atoms with Gasteiger partial charge in [-0.05, 0) is 49.9 Å². The molecule has 37 heavy (non-hydrogen) atoms. The zero-order valence-corrected chi connectivity index (χ0v) is 21.6. The van der Waals surface area contributed by atoms with E-state index in [0.717, 1.165) is 0 Å². The van der Waals surface area contributed by atoms with E-state index in [4.69, 9.17) is 11.5 Å². The molecule has 12 heteroatoms. The highest BCUT2D eigenvalue weighted by Crippen LogP contribution is 2.13. The summed E-state index contributed by atoms with van der Waals surface area (Å²) in [6.45, 7) is 5.24. The van der Waals surface area contributed by atoms with Crippen molar-refractivity contribution < 1.29 is 34.5 Å². The lowest BCUT2D eigenvalue weighted by atomic mass is 9.98. The van der Waals surface area contributed by atoms with Crippen molar-refractivity contribution in [1.82, 2.24) is 16.0 Å². The van der Waals surface area contributed by atoms with Crippen LogP contribution >= 0.6 is 0 Å². The van der Waals surface area contributed by atoms with E-state index in [9.17, 15) is 34.5 Å². The van der Waals surface area contributed by atoms with Crippen LogP contribution in [0.2, 0.25) is 0 Å². The Bertz CT molecular complexity index is 894. The van der Waals surface area contributed by atoms with Crippen molar-refractivity contribution in [2.45, 2.75) is 83.1 Å². The van der Waals surface area contributed by atoms with E-state index in [-0.39, 0.29) is 18.1 Å². The van der Waals surface area contributed by atoms with Gasteiger partial charge in [-0.2, -0.15) is 0 Å². The van der Waals surface area contributed by atoms with E-state index in [0.29, 0.717) is 37.8 Å². The molecule has 3 amide bonds. The second-order valence-corrected chi connectivity index (χ2v) is 9.26. The van der Waals surface area contributed by atoms with Crippen molar-refractivity contribution in [2.24, 2.45) is 17.4 Å². The van der Waals surface area contributed by atoms with Crippen LogP contribution in [0.4, 0.5) is 0 Å². The summed E-state index contributed by atoms with van der Waals surface area (Å²) >= 11 is 0. The number of aliphatic hydroxyl groups excluding tert-OH is 1. The number of aromatic hydroxyl groups is 1. The summed E-state index contributed by atoms with van der Waals surface area (Å²) in [6.07, 6.45) is 0.785. The summed E-state index contributed by atoms with van der Waals surface area (Å²) in [7, 11) is 0. The Morgan fingerprint density at radius 2 is 1.51 bits per heavy atom. The average molecular weight is 524 g/mol. The van der Waals surface area contributed by atoms with Crippen LogP contribution in [-0.2, 0) is 25.6 Å². The summed E-state index contributed by atoms with van der Waals surface area (Å²) in [4.78, 5) is 50.5. The number of phenolic OH excluding ortho intramolecular Hbond substituents is 1. The van der Waals surface area contributed by atoms with Gasteiger partial charge in [-0.25, -0.2) is 4.79 Å². The molecular formula is C25H41N5O7. The minimum Gasteiger partial charge on any atom is -0.508 e. The predicted octanol–water partition coefficient (Wildman–Crippen LogP) is -0.643. The van der Waals surface area contributed by atoms with Gasteiger partial charge in [-0.3, -0.25) is 14.4 Å². The Hall–Kier alpha value is -3.22. The standard InChI is InChI=1S/C25H41N5O7/c1-4-14(2)20(25(36)37)29-23(34)19(13-16-8-10-17(32)11-9-16)28-24(35)21(15(3)31)30-22(33)18(27)7-5-6-12-26/h8-11,14-15,18-21,31-32H,4-7,12-13,26-27H2,1-3H3,(H,28,35)(H,29,34)(H,30,33)(H,36,37). The number of amides is 3. The van der Waals surface area contributed by atoms with Gasteiger partial charge in [0.1, 0.15) is 23.9 Å². The molecule has 0 aliphatic heterocycles. The number of aliphatic carboxylic acids is 1. The molecule has 0 heterocycles.